The van der Waals surface area contributed by atoms with Crippen LogP contribution in [0.25, 0.3) is 10.9 Å². The van der Waals surface area contributed by atoms with Crippen LogP contribution in [0.15, 0.2) is 59.2 Å². The van der Waals surface area contributed by atoms with E-state index in [1.165, 1.54) is 17.7 Å². The molecule has 1 aromatic heterocycles. The van der Waals surface area contributed by atoms with Crippen molar-refractivity contribution in [2.45, 2.75) is 12.8 Å². The van der Waals surface area contributed by atoms with Crippen molar-refractivity contribution >= 4 is 26.8 Å². The van der Waals surface area contributed by atoms with Gasteiger partial charge in [0.25, 0.3) is 0 Å². The van der Waals surface area contributed by atoms with Gasteiger partial charge in [-0.1, -0.05) is 30.3 Å². The molecule has 0 atom stereocenters. The minimum absolute atomic E-state index is 0.244. The van der Waals surface area contributed by atoms with E-state index in [-0.39, 0.29) is 5.82 Å². The van der Waals surface area contributed by atoms with Gasteiger partial charge in [-0.15, -0.1) is 0 Å². The van der Waals surface area contributed by atoms with Crippen LogP contribution in [0.3, 0.4) is 0 Å². The first-order valence-corrected chi connectivity index (χ1v) is 7.29. The van der Waals surface area contributed by atoms with Crippen molar-refractivity contribution < 1.29 is 4.39 Å². The number of hydrogen-bond donors (Lipinski definition) is 0. The number of aryl methyl sites for hydroxylation is 2. The zero-order valence-corrected chi connectivity index (χ0v) is 12.4. The molecule has 0 amide bonds. The van der Waals surface area contributed by atoms with E-state index < -0.39 is 0 Å². The van der Waals surface area contributed by atoms with E-state index in [1.54, 1.807) is 0 Å². The van der Waals surface area contributed by atoms with Gasteiger partial charge in [-0.05, 0) is 58.1 Å². The van der Waals surface area contributed by atoms with Gasteiger partial charge >= 0.3 is 0 Å². The number of pyridine rings is 1. The molecule has 0 spiro atoms. The highest BCUT2D eigenvalue weighted by atomic mass is 79.9. The molecule has 1 heterocycles. The predicted octanol–water partition coefficient (Wildman–Crippen LogP) is 4.92. The smallest absolute Gasteiger partial charge is 0.125 e. The van der Waals surface area contributed by atoms with E-state index >= 15 is 0 Å². The zero-order chi connectivity index (χ0) is 13.9. The lowest BCUT2D eigenvalue weighted by atomic mass is 10.0. The van der Waals surface area contributed by atoms with Crippen molar-refractivity contribution in [2.75, 3.05) is 0 Å². The molecule has 3 heteroatoms. The number of nitrogens with zero attached hydrogens (tertiary/aromatic N) is 1. The normalized spacial score (nSPS) is 10.9. The van der Waals surface area contributed by atoms with Crippen LogP contribution in [-0.2, 0) is 12.8 Å². The van der Waals surface area contributed by atoms with E-state index in [0.717, 1.165) is 29.3 Å². The van der Waals surface area contributed by atoms with Gasteiger partial charge in [0.05, 0.1) is 5.52 Å². The summed E-state index contributed by atoms with van der Waals surface area (Å²) in [7, 11) is 0. The SMILES string of the molecule is Fc1cc(Br)c2ncc(CCc3ccccc3)cc2c1. The van der Waals surface area contributed by atoms with Crippen LogP contribution >= 0.6 is 15.9 Å². The maximum absolute atomic E-state index is 13.4. The number of halogens is 2. The van der Waals surface area contributed by atoms with Gasteiger partial charge in [-0.25, -0.2) is 4.39 Å². The number of aromatic nitrogens is 1. The Morgan fingerprint density at radius 1 is 0.950 bits per heavy atom. The first-order chi connectivity index (χ1) is 9.72. The topological polar surface area (TPSA) is 12.9 Å². The Morgan fingerprint density at radius 3 is 2.50 bits per heavy atom. The van der Waals surface area contributed by atoms with Crippen LogP contribution in [0.2, 0.25) is 0 Å². The summed E-state index contributed by atoms with van der Waals surface area (Å²) >= 11 is 3.35. The van der Waals surface area contributed by atoms with E-state index in [4.69, 9.17) is 0 Å². The second kappa shape index (κ2) is 5.71. The molecular formula is C17H13BrFN. The number of rotatable bonds is 3. The van der Waals surface area contributed by atoms with E-state index in [0.29, 0.717) is 4.47 Å². The molecule has 0 N–H and O–H groups in total. The predicted molar refractivity (Wildman–Crippen MR) is 83.3 cm³/mol. The summed E-state index contributed by atoms with van der Waals surface area (Å²) in [6, 6.07) is 15.3. The second-order valence-electron chi connectivity index (χ2n) is 4.79. The maximum atomic E-state index is 13.4. The molecule has 3 rings (SSSR count). The first-order valence-electron chi connectivity index (χ1n) is 6.50. The fraction of sp³-hybridized carbons (Fsp3) is 0.118. The third kappa shape index (κ3) is 2.88. The summed E-state index contributed by atoms with van der Waals surface area (Å²) in [6.45, 7) is 0. The molecule has 0 fully saturated rings. The van der Waals surface area contributed by atoms with Crippen molar-refractivity contribution in [3.63, 3.8) is 0 Å². The molecule has 0 aliphatic carbocycles. The third-order valence-electron chi connectivity index (χ3n) is 3.30. The Hall–Kier alpha value is -1.74. The second-order valence-corrected chi connectivity index (χ2v) is 5.64. The summed E-state index contributed by atoms with van der Waals surface area (Å²) in [5.74, 6) is -0.244. The Bertz CT molecular complexity index is 741. The minimum Gasteiger partial charge on any atom is -0.255 e. The molecule has 1 nitrogen and oxygen atoms in total. The molecule has 100 valence electrons. The van der Waals surface area contributed by atoms with Gasteiger partial charge < -0.3 is 0 Å². The van der Waals surface area contributed by atoms with Crippen molar-refractivity contribution in [3.8, 4) is 0 Å². The molecule has 0 unspecified atom stereocenters. The van der Waals surface area contributed by atoms with Crippen LogP contribution in [0.5, 0.6) is 0 Å². The van der Waals surface area contributed by atoms with E-state index in [1.807, 2.05) is 30.5 Å². The van der Waals surface area contributed by atoms with Crippen molar-refractivity contribution in [3.05, 3.63) is 76.1 Å². The fourth-order valence-corrected chi connectivity index (χ4v) is 2.84. The van der Waals surface area contributed by atoms with Gasteiger partial charge in [-0.2, -0.15) is 0 Å². The molecule has 20 heavy (non-hydrogen) atoms. The molecule has 0 aliphatic heterocycles. The van der Waals surface area contributed by atoms with Gasteiger partial charge in [0.1, 0.15) is 5.82 Å². The third-order valence-corrected chi connectivity index (χ3v) is 3.91. The minimum atomic E-state index is -0.244. The molecule has 0 aliphatic rings. The first kappa shape index (κ1) is 13.3. The Morgan fingerprint density at radius 2 is 1.70 bits per heavy atom. The average Bonchev–Trinajstić information content (AvgIpc) is 2.45. The van der Waals surface area contributed by atoms with Crippen LogP contribution in [0.1, 0.15) is 11.1 Å². The highest BCUT2D eigenvalue weighted by Crippen LogP contribution is 2.24. The highest BCUT2D eigenvalue weighted by molar-refractivity contribution is 9.10. The van der Waals surface area contributed by atoms with Crippen molar-refractivity contribution in [1.82, 2.24) is 4.98 Å². The molecule has 0 saturated heterocycles. The Labute approximate surface area is 125 Å². The van der Waals surface area contributed by atoms with Crippen LogP contribution in [-0.4, -0.2) is 4.98 Å². The summed E-state index contributed by atoms with van der Waals surface area (Å²) in [4.78, 5) is 4.42. The fourth-order valence-electron chi connectivity index (χ4n) is 2.29. The van der Waals surface area contributed by atoms with Crippen LogP contribution in [0.4, 0.5) is 4.39 Å². The summed E-state index contributed by atoms with van der Waals surface area (Å²) < 4.78 is 14.1. The summed E-state index contributed by atoms with van der Waals surface area (Å²) in [5, 5.41) is 0.836. The maximum Gasteiger partial charge on any atom is 0.125 e. The molecule has 2 aromatic carbocycles. The number of fused-ring (bicyclic) bond motifs is 1. The lowest BCUT2D eigenvalue weighted by molar-refractivity contribution is 0.629. The summed E-state index contributed by atoms with van der Waals surface area (Å²) in [5.41, 5.74) is 3.22. The van der Waals surface area contributed by atoms with Crippen LogP contribution in [0, 0.1) is 5.82 Å². The number of benzene rings is 2. The summed E-state index contributed by atoms with van der Waals surface area (Å²) in [6.07, 6.45) is 3.74. The average molecular weight is 330 g/mol. The van der Waals surface area contributed by atoms with Gasteiger partial charge in [0.15, 0.2) is 0 Å². The quantitative estimate of drug-likeness (QED) is 0.664. The largest absolute Gasteiger partial charge is 0.255 e. The van der Waals surface area contributed by atoms with Crippen molar-refractivity contribution in [2.24, 2.45) is 0 Å². The number of hydrogen-bond acceptors (Lipinski definition) is 1. The van der Waals surface area contributed by atoms with E-state index in [2.05, 4.69) is 33.0 Å². The highest BCUT2D eigenvalue weighted by Gasteiger charge is 2.05. The molecular weight excluding hydrogens is 317 g/mol. The Kier molecular flexibility index (Phi) is 3.79. The Balaban J connectivity index is 1.86. The van der Waals surface area contributed by atoms with Crippen molar-refractivity contribution in [1.29, 1.82) is 0 Å². The van der Waals surface area contributed by atoms with Gasteiger partial charge in [-0.3, -0.25) is 4.98 Å². The van der Waals surface area contributed by atoms with Gasteiger partial charge in [0.2, 0.25) is 0 Å². The van der Waals surface area contributed by atoms with Gasteiger partial charge in [0, 0.05) is 16.1 Å². The lowest BCUT2D eigenvalue weighted by Gasteiger charge is -2.05. The lowest BCUT2D eigenvalue weighted by Crippen LogP contribution is -1.93. The molecule has 3 aromatic rings. The molecule has 0 bridgehead atoms. The van der Waals surface area contributed by atoms with Crippen LogP contribution < -0.4 is 0 Å². The monoisotopic (exact) mass is 329 g/mol. The standard InChI is InChI=1S/C17H13BrFN/c18-16-10-15(19)9-14-8-13(11-20-17(14)16)7-6-12-4-2-1-3-5-12/h1-5,8-11H,6-7H2. The molecule has 0 saturated carbocycles. The van der Waals surface area contributed by atoms with E-state index in [9.17, 15) is 4.39 Å². The molecule has 0 radical (unpaired) electrons. The zero-order valence-electron chi connectivity index (χ0n) is 10.8.